The highest BCUT2D eigenvalue weighted by molar-refractivity contribution is 6.30. The molecule has 1 aromatic carbocycles. The van der Waals surface area contributed by atoms with Crippen molar-refractivity contribution in [3.8, 4) is 5.75 Å². The highest BCUT2D eigenvalue weighted by Gasteiger charge is 2.31. The topological polar surface area (TPSA) is 67.9 Å². The Hall–Kier alpha value is -1.79. The Morgan fingerprint density at radius 2 is 2.00 bits per heavy atom. The van der Waals surface area contributed by atoms with E-state index in [-0.39, 0.29) is 24.2 Å². The van der Waals surface area contributed by atoms with Crippen LogP contribution in [0.3, 0.4) is 0 Å². The van der Waals surface area contributed by atoms with Gasteiger partial charge < -0.3 is 19.7 Å². The number of ether oxygens (including phenoxy) is 2. The normalized spacial score (nSPS) is 17.0. The molecule has 0 radical (unpaired) electrons. The molecule has 0 saturated carbocycles. The molecule has 0 aromatic heterocycles. The molecule has 1 atom stereocenters. The Morgan fingerprint density at radius 1 is 1.30 bits per heavy atom. The Morgan fingerprint density at radius 3 is 2.61 bits per heavy atom. The van der Waals surface area contributed by atoms with Crippen molar-refractivity contribution in [2.24, 2.45) is 5.92 Å². The third-order valence-corrected chi connectivity index (χ3v) is 3.90. The lowest BCUT2D eigenvalue weighted by molar-refractivity contribution is -0.136. The summed E-state index contributed by atoms with van der Waals surface area (Å²) in [6.45, 7) is 2.13. The smallest absolute Gasteiger partial charge is 0.228 e. The van der Waals surface area contributed by atoms with Crippen LogP contribution in [0.5, 0.6) is 5.75 Å². The van der Waals surface area contributed by atoms with Crippen molar-refractivity contribution in [3.05, 3.63) is 29.3 Å². The van der Waals surface area contributed by atoms with Crippen LogP contribution in [0.4, 0.5) is 0 Å². The van der Waals surface area contributed by atoms with E-state index < -0.39 is 0 Å². The fourth-order valence-corrected chi connectivity index (χ4v) is 2.50. The maximum Gasteiger partial charge on any atom is 0.228 e. The highest BCUT2D eigenvalue weighted by Crippen LogP contribution is 2.16. The summed E-state index contributed by atoms with van der Waals surface area (Å²) in [6.07, 6.45) is 0.250. The molecule has 0 spiro atoms. The molecule has 1 unspecified atom stereocenters. The van der Waals surface area contributed by atoms with Gasteiger partial charge in [0.05, 0.1) is 19.1 Å². The minimum absolute atomic E-state index is 0.0416. The van der Waals surface area contributed by atoms with Gasteiger partial charge in [0.2, 0.25) is 11.8 Å². The zero-order valence-electron chi connectivity index (χ0n) is 13.1. The minimum atomic E-state index is -0.296. The zero-order valence-corrected chi connectivity index (χ0v) is 13.8. The van der Waals surface area contributed by atoms with E-state index in [4.69, 9.17) is 21.1 Å². The Bertz CT molecular complexity index is 535. The number of benzene rings is 1. The van der Waals surface area contributed by atoms with E-state index in [9.17, 15) is 9.59 Å². The third kappa shape index (κ3) is 5.41. The quantitative estimate of drug-likeness (QED) is 0.775. The zero-order chi connectivity index (χ0) is 16.7. The number of methoxy groups -OCH3 is 1. The summed E-state index contributed by atoms with van der Waals surface area (Å²) in [5.41, 5.74) is 0. The van der Waals surface area contributed by atoms with Gasteiger partial charge in [-0.15, -0.1) is 0 Å². The molecule has 23 heavy (non-hydrogen) atoms. The number of carbonyl (C=O) groups is 2. The first-order valence-electron chi connectivity index (χ1n) is 7.53. The van der Waals surface area contributed by atoms with Gasteiger partial charge in [0.15, 0.2) is 0 Å². The van der Waals surface area contributed by atoms with E-state index in [0.29, 0.717) is 43.6 Å². The second kappa shape index (κ2) is 8.74. The van der Waals surface area contributed by atoms with Crippen molar-refractivity contribution < 1.29 is 19.1 Å². The first-order valence-corrected chi connectivity index (χ1v) is 7.90. The van der Waals surface area contributed by atoms with Crippen molar-refractivity contribution in [2.45, 2.75) is 6.42 Å². The van der Waals surface area contributed by atoms with Crippen LogP contribution in [0.1, 0.15) is 6.42 Å². The summed E-state index contributed by atoms with van der Waals surface area (Å²) in [6, 6.07) is 7.06. The number of amides is 2. The van der Waals surface area contributed by atoms with Crippen LogP contribution in [-0.4, -0.2) is 56.7 Å². The van der Waals surface area contributed by atoms with E-state index >= 15 is 0 Å². The lowest BCUT2D eigenvalue weighted by atomic mass is 10.1. The molecule has 126 valence electrons. The van der Waals surface area contributed by atoms with Crippen molar-refractivity contribution >= 4 is 23.4 Å². The maximum atomic E-state index is 12.5. The number of hydrogen-bond donors (Lipinski definition) is 1. The van der Waals surface area contributed by atoms with Gasteiger partial charge >= 0.3 is 0 Å². The predicted molar refractivity (Wildman–Crippen MR) is 86.5 cm³/mol. The average Bonchev–Trinajstić information content (AvgIpc) is 2.98. The lowest BCUT2D eigenvalue weighted by Crippen LogP contribution is -2.41. The molecule has 0 bridgehead atoms. The summed E-state index contributed by atoms with van der Waals surface area (Å²) in [4.78, 5) is 25.5. The number of rotatable bonds is 8. The largest absolute Gasteiger partial charge is 0.492 e. The molecule has 0 aliphatic carbocycles. The molecular weight excluding hydrogens is 320 g/mol. The summed E-state index contributed by atoms with van der Waals surface area (Å²) < 4.78 is 10.7. The molecule has 1 heterocycles. The van der Waals surface area contributed by atoms with Crippen molar-refractivity contribution in [1.29, 1.82) is 0 Å². The monoisotopic (exact) mass is 340 g/mol. The molecule has 2 rings (SSSR count). The molecule has 2 amide bonds. The highest BCUT2D eigenvalue weighted by atomic mass is 35.5. The van der Waals surface area contributed by atoms with Crippen LogP contribution in [-0.2, 0) is 14.3 Å². The lowest BCUT2D eigenvalue weighted by Gasteiger charge is -2.25. The molecule has 1 fully saturated rings. The van der Waals surface area contributed by atoms with Gasteiger partial charge in [-0.25, -0.2) is 0 Å². The first-order chi connectivity index (χ1) is 11.1. The summed E-state index contributed by atoms with van der Waals surface area (Å²) in [5, 5.41) is 3.33. The summed E-state index contributed by atoms with van der Waals surface area (Å²) in [7, 11) is 1.59. The van der Waals surface area contributed by atoms with Crippen LogP contribution in [0.25, 0.3) is 0 Å². The molecule has 1 aromatic rings. The number of carbonyl (C=O) groups excluding carboxylic acids is 2. The number of hydrogen-bond acceptors (Lipinski definition) is 4. The maximum absolute atomic E-state index is 12.5. The molecule has 1 aliphatic rings. The molecule has 1 N–H and O–H groups in total. The number of halogens is 1. The van der Waals surface area contributed by atoms with E-state index in [1.165, 1.54) is 0 Å². The molecule has 7 heteroatoms. The number of nitrogens with one attached hydrogen (secondary N) is 1. The van der Waals surface area contributed by atoms with Gasteiger partial charge in [0.1, 0.15) is 12.4 Å². The van der Waals surface area contributed by atoms with Crippen molar-refractivity contribution in [1.82, 2.24) is 10.2 Å². The van der Waals surface area contributed by atoms with Gasteiger partial charge in [0, 0.05) is 31.6 Å². The predicted octanol–water partition coefficient (Wildman–Crippen LogP) is 1.33. The number of nitrogens with zero attached hydrogens (tertiary/aromatic N) is 1. The second-order valence-electron chi connectivity index (χ2n) is 5.33. The van der Waals surface area contributed by atoms with Crippen molar-refractivity contribution in [3.63, 3.8) is 0 Å². The molecule has 1 saturated heterocycles. The Balaban J connectivity index is 1.86. The van der Waals surface area contributed by atoms with E-state index in [0.717, 1.165) is 0 Å². The van der Waals surface area contributed by atoms with E-state index in [1.807, 2.05) is 0 Å². The average molecular weight is 341 g/mol. The molecule has 1 aliphatic heterocycles. The van der Waals surface area contributed by atoms with Gasteiger partial charge in [-0.1, -0.05) is 11.6 Å². The van der Waals surface area contributed by atoms with Gasteiger partial charge in [-0.3, -0.25) is 9.59 Å². The SMILES string of the molecule is COCCN(CCOc1ccc(Cl)cc1)C(=O)C1CNC(=O)C1. The van der Waals surface area contributed by atoms with Crippen LogP contribution in [0, 0.1) is 5.92 Å². The Kier molecular flexibility index (Phi) is 6.67. The fraction of sp³-hybridized carbons (Fsp3) is 0.500. The van der Waals surface area contributed by atoms with Crippen LogP contribution < -0.4 is 10.1 Å². The van der Waals surface area contributed by atoms with E-state index in [2.05, 4.69) is 5.32 Å². The van der Waals surface area contributed by atoms with Gasteiger partial charge in [-0.05, 0) is 24.3 Å². The van der Waals surface area contributed by atoms with E-state index in [1.54, 1.807) is 36.3 Å². The standard InChI is InChI=1S/C16H21ClN2O4/c1-22-8-6-19(16(21)12-10-15(20)18-11-12)7-9-23-14-4-2-13(17)3-5-14/h2-5,12H,6-11H2,1H3,(H,18,20). The summed E-state index contributed by atoms with van der Waals surface area (Å²) >= 11 is 5.82. The fourth-order valence-electron chi connectivity index (χ4n) is 2.38. The molecular formula is C16H21ClN2O4. The minimum Gasteiger partial charge on any atom is -0.492 e. The Labute approximate surface area is 140 Å². The van der Waals surface area contributed by atoms with Crippen LogP contribution >= 0.6 is 11.6 Å². The second-order valence-corrected chi connectivity index (χ2v) is 5.76. The first kappa shape index (κ1) is 17.6. The van der Waals surface area contributed by atoms with Crippen LogP contribution in [0.15, 0.2) is 24.3 Å². The van der Waals surface area contributed by atoms with Gasteiger partial charge in [0.25, 0.3) is 0 Å². The van der Waals surface area contributed by atoms with Crippen LogP contribution in [0.2, 0.25) is 5.02 Å². The summed E-state index contributed by atoms with van der Waals surface area (Å²) in [5.74, 6) is 0.286. The van der Waals surface area contributed by atoms with Crippen molar-refractivity contribution in [2.75, 3.05) is 40.0 Å². The molecule has 6 nitrogen and oxygen atoms in total. The van der Waals surface area contributed by atoms with Gasteiger partial charge in [-0.2, -0.15) is 0 Å². The third-order valence-electron chi connectivity index (χ3n) is 3.65.